The van der Waals surface area contributed by atoms with Gasteiger partial charge in [-0.1, -0.05) is 55.5 Å². The number of nitrogens with one attached hydrogen (secondary N) is 1. The molecule has 1 amide bonds. The highest BCUT2D eigenvalue weighted by Crippen LogP contribution is 2.23. The van der Waals surface area contributed by atoms with Gasteiger partial charge in [-0.3, -0.25) is 9.59 Å². The lowest BCUT2D eigenvalue weighted by Crippen LogP contribution is -2.44. The molecule has 0 aromatic heterocycles. The molecule has 1 aliphatic rings. The number of aryl methyl sites for hydroxylation is 1. The van der Waals surface area contributed by atoms with Crippen molar-refractivity contribution in [2.24, 2.45) is 5.92 Å². The molecule has 22 heavy (non-hydrogen) atoms. The Morgan fingerprint density at radius 1 is 1.09 bits per heavy atom. The Labute approximate surface area is 131 Å². The molecule has 0 saturated heterocycles. The third kappa shape index (κ3) is 4.86. The van der Waals surface area contributed by atoms with E-state index >= 15 is 0 Å². The topological polar surface area (TPSA) is 66.4 Å². The summed E-state index contributed by atoms with van der Waals surface area (Å²) in [6, 6.07) is 7.62. The number of carboxylic acid groups (broad SMARTS) is 1. The van der Waals surface area contributed by atoms with Gasteiger partial charge in [-0.15, -0.1) is 0 Å². The molecule has 2 atom stereocenters. The highest BCUT2D eigenvalue weighted by atomic mass is 16.4. The van der Waals surface area contributed by atoms with Crippen LogP contribution in [0, 0.1) is 12.8 Å². The lowest BCUT2D eigenvalue weighted by Gasteiger charge is -2.27. The van der Waals surface area contributed by atoms with Crippen LogP contribution < -0.4 is 5.32 Å². The minimum Gasteiger partial charge on any atom is -0.481 e. The molecule has 2 unspecified atom stereocenters. The lowest BCUT2D eigenvalue weighted by atomic mass is 9.86. The molecule has 1 aromatic carbocycles. The van der Waals surface area contributed by atoms with Gasteiger partial charge in [0.05, 0.1) is 12.3 Å². The van der Waals surface area contributed by atoms with E-state index in [9.17, 15) is 14.7 Å². The summed E-state index contributed by atoms with van der Waals surface area (Å²) >= 11 is 0. The number of hydrogen-bond acceptors (Lipinski definition) is 2. The van der Waals surface area contributed by atoms with Crippen LogP contribution in [0.1, 0.15) is 49.7 Å². The minimum atomic E-state index is -0.789. The molecule has 4 heteroatoms. The van der Waals surface area contributed by atoms with E-state index in [1.165, 1.54) is 0 Å². The zero-order chi connectivity index (χ0) is 15.9. The molecule has 4 nitrogen and oxygen atoms in total. The number of carbonyl (C=O) groups excluding carboxylic acids is 1. The summed E-state index contributed by atoms with van der Waals surface area (Å²) in [7, 11) is 0. The number of carboxylic acids is 1. The molecule has 0 radical (unpaired) electrons. The van der Waals surface area contributed by atoms with Gasteiger partial charge in [0, 0.05) is 6.04 Å². The first-order valence-electron chi connectivity index (χ1n) is 8.14. The van der Waals surface area contributed by atoms with Crippen LogP contribution in [0.3, 0.4) is 0 Å². The van der Waals surface area contributed by atoms with Gasteiger partial charge in [-0.2, -0.15) is 0 Å². The fraction of sp³-hybridized carbons (Fsp3) is 0.556. The van der Waals surface area contributed by atoms with Gasteiger partial charge in [0.2, 0.25) is 5.91 Å². The van der Waals surface area contributed by atoms with Crippen LogP contribution in [0.5, 0.6) is 0 Å². The molecule has 0 spiro atoms. The first-order valence-corrected chi connectivity index (χ1v) is 8.14. The Balaban J connectivity index is 1.97. The summed E-state index contributed by atoms with van der Waals surface area (Å²) in [5.74, 6) is -1.33. The molecular weight excluding hydrogens is 278 g/mol. The van der Waals surface area contributed by atoms with Crippen molar-refractivity contribution < 1.29 is 14.7 Å². The predicted octanol–water partition coefficient (Wildman–Crippen LogP) is 3.08. The predicted molar refractivity (Wildman–Crippen MR) is 85.6 cm³/mol. The molecule has 2 N–H and O–H groups in total. The summed E-state index contributed by atoms with van der Waals surface area (Å²) in [6.45, 7) is 2.01. The minimum absolute atomic E-state index is 0.0827. The fourth-order valence-electron chi connectivity index (χ4n) is 3.10. The quantitative estimate of drug-likeness (QED) is 0.898. The van der Waals surface area contributed by atoms with Crippen molar-refractivity contribution >= 4 is 11.9 Å². The molecule has 1 saturated carbocycles. The largest absolute Gasteiger partial charge is 0.481 e. The van der Waals surface area contributed by atoms with Crippen molar-refractivity contribution in [1.29, 1.82) is 0 Å². The Morgan fingerprint density at radius 3 is 2.36 bits per heavy atom. The molecule has 0 aliphatic heterocycles. The normalized spacial score (nSPS) is 22.4. The van der Waals surface area contributed by atoms with E-state index in [4.69, 9.17) is 0 Å². The summed E-state index contributed by atoms with van der Waals surface area (Å²) < 4.78 is 0. The smallest absolute Gasteiger partial charge is 0.308 e. The standard InChI is InChI=1S/C18H25NO3/c1-13-8-10-14(11-9-13)12-17(20)19-16-7-5-3-2-4-6-15(16)18(21)22/h8-11,15-16H,2-7,12H2,1H3,(H,19,20)(H,21,22). The van der Waals surface area contributed by atoms with Crippen LogP contribution in [0.4, 0.5) is 0 Å². The summed E-state index contributed by atoms with van der Waals surface area (Å²) in [5.41, 5.74) is 2.12. The second-order valence-corrected chi connectivity index (χ2v) is 6.27. The zero-order valence-corrected chi connectivity index (χ0v) is 13.2. The van der Waals surface area contributed by atoms with E-state index < -0.39 is 11.9 Å². The Hall–Kier alpha value is -1.84. The van der Waals surface area contributed by atoms with E-state index in [2.05, 4.69) is 5.32 Å². The van der Waals surface area contributed by atoms with Gasteiger partial charge in [-0.05, 0) is 25.3 Å². The van der Waals surface area contributed by atoms with Crippen molar-refractivity contribution in [2.75, 3.05) is 0 Å². The maximum Gasteiger partial charge on any atom is 0.308 e. The number of hydrogen-bond donors (Lipinski definition) is 2. The third-order valence-corrected chi connectivity index (χ3v) is 4.41. The van der Waals surface area contributed by atoms with Gasteiger partial charge >= 0.3 is 5.97 Å². The van der Waals surface area contributed by atoms with E-state index in [-0.39, 0.29) is 11.9 Å². The summed E-state index contributed by atoms with van der Waals surface area (Å²) in [4.78, 5) is 23.7. The molecule has 0 bridgehead atoms. The molecule has 1 fully saturated rings. The summed E-state index contributed by atoms with van der Waals surface area (Å²) in [6.07, 6.45) is 5.86. The zero-order valence-electron chi connectivity index (χ0n) is 13.2. The first kappa shape index (κ1) is 16.5. The number of benzene rings is 1. The van der Waals surface area contributed by atoms with Crippen LogP contribution >= 0.6 is 0 Å². The molecule has 1 aliphatic carbocycles. The van der Waals surface area contributed by atoms with Gasteiger partial charge in [0.25, 0.3) is 0 Å². The van der Waals surface area contributed by atoms with Crippen LogP contribution in [0.15, 0.2) is 24.3 Å². The van der Waals surface area contributed by atoms with Gasteiger partial charge in [0.15, 0.2) is 0 Å². The highest BCUT2D eigenvalue weighted by molar-refractivity contribution is 5.80. The highest BCUT2D eigenvalue weighted by Gasteiger charge is 2.29. The van der Waals surface area contributed by atoms with E-state index in [0.29, 0.717) is 12.8 Å². The average Bonchev–Trinajstić information content (AvgIpc) is 2.44. The van der Waals surface area contributed by atoms with E-state index in [1.54, 1.807) is 0 Å². The van der Waals surface area contributed by atoms with Crippen molar-refractivity contribution in [1.82, 2.24) is 5.32 Å². The molecule has 0 heterocycles. The average molecular weight is 303 g/mol. The van der Waals surface area contributed by atoms with Crippen LogP contribution in [0.25, 0.3) is 0 Å². The van der Waals surface area contributed by atoms with Crippen molar-refractivity contribution in [3.8, 4) is 0 Å². The van der Waals surface area contributed by atoms with Crippen LogP contribution in [-0.4, -0.2) is 23.0 Å². The summed E-state index contributed by atoms with van der Waals surface area (Å²) in [5, 5.41) is 12.4. The maximum absolute atomic E-state index is 12.2. The number of rotatable bonds is 4. The van der Waals surface area contributed by atoms with Crippen molar-refractivity contribution in [3.05, 3.63) is 35.4 Å². The number of carbonyl (C=O) groups is 2. The number of amides is 1. The van der Waals surface area contributed by atoms with Gasteiger partial charge < -0.3 is 10.4 Å². The van der Waals surface area contributed by atoms with E-state index in [1.807, 2.05) is 31.2 Å². The third-order valence-electron chi connectivity index (χ3n) is 4.41. The van der Waals surface area contributed by atoms with Crippen LogP contribution in [0.2, 0.25) is 0 Å². The number of aliphatic carboxylic acids is 1. The Bertz CT molecular complexity index is 510. The second-order valence-electron chi connectivity index (χ2n) is 6.27. The van der Waals surface area contributed by atoms with Gasteiger partial charge in [0.1, 0.15) is 0 Å². The van der Waals surface area contributed by atoms with E-state index in [0.717, 1.165) is 43.2 Å². The lowest BCUT2D eigenvalue weighted by molar-refractivity contribution is -0.143. The monoisotopic (exact) mass is 303 g/mol. The Kier molecular flexibility index (Phi) is 5.99. The SMILES string of the molecule is Cc1ccc(CC(=O)NC2CCCCCCC2C(=O)O)cc1. The van der Waals surface area contributed by atoms with Crippen molar-refractivity contribution in [2.45, 2.75) is 57.9 Å². The maximum atomic E-state index is 12.2. The van der Waals surface area contributed by atoms with Gasteiger partial charge in [-0.25, -0.2) is 0 Å². The van der Waals surface area contributed by atoms with Crippen molar-refractivity contribution in [3.63, 3.8) is 0 Å². The molecule has 1 aromatic rings. The Morgan fingerprint density at radius 2 is 1.73 bits per heavy atom. The molecule has 120 valence electrons. The van der Waals surface area contributed by atoms with Crippen LogP contribution in [-0.2, 0) is 16.0 Å². The fourth-order valence-corrected chi connectivity index (χ4v) is 3.10. The second kappa shape index (κ2) is 7.97. The first-order chi connectivity index (χ1) is 10.6. The molecular formula is C18H25NO3. The molecule has 2 rings (SSSR count).